The maximum atomic E-state index is 13.1. The number of esters is 1. The summed E-state index contributed by atoms with van der Waals surface area (Å²) in [4.78, 5) is 15.1. The van der Waals surface area contributed by atoms with Gasteiger partial charge in [-0.25, -0.2) is 9.79 Å². The van der Waals surface area contributed by atoms with Gasteiger partial charge in [-0.15, -0.1) is 6.58 Å². The van der Waals surface area contributed by atoms with E-state index in [-0.39, 0.29) is 5.90 Å². The Morgan fingerprint density at radius 2 is 1.95 bits per heavy atom. The molecule has 0 aromatic heterocycles. The lowest BCUT2D eigenvalue weighted by molar-refractivity contribution is -0.194. The molecule has 1 aliphatic heterocycles. The summed E-state index contributed by atoms with van der Waals surface area (Å²) in [5.41, 5.74) is -2.55. The van der Waals surface area contributed by atoms with Crippen LogP contribution in [0.15, 0.2) is 48.0 Å². The molecule has 0 amide bonds. The molecule has 1 aromatic carbocycles. The molecule has 0 bridgehead atoms. The van der Waals surface area contributed by atoms with Crippen LogP contribution < -0.4 is 0 Å². The molecule has 1 aromatic rings. The lowest BCUT2D eigenvalue weighted by atomic mass is 9.96. The average molecular weight is 269 g/mol. The lowest BCUT2D eigenvalue weighted by Gasteiger charge is -2.23. The van der Waals surface area contributed by atoms with Gasteiger partial charge in [0.1, 0.15) is 0 Å². The van der Waals surface area contributed by atoms with E-state index in [1.807, 2.05) is 0 Å². The molecule has 1 atom stereocenters. The number of cyclic esters (lactones) is 1. The predicted octanol–water partition coefficient (Wildman–Crippen LogP) is 2.87. The highest BCUT2D eigenvalue weighted by Gasteiger charge is 2.64. The predicted molar refractivity (Wildman–Crippen MR) is 62.7 cm³/mol. The van der Waals surface area contributed by atoms with Gasteiger partial charge in [0.05, 0.1) is 0 Å². The Bertz CT molecular complexity index is 537. The Morgan fingerprint density at radius 3 is 2.47 bits per heavy atom. The molecule has 0 saturated carbocycles. The number of carbonyl (C=O) groups excluding carboxylic acids is 1. The van der Waals surface area contributed by atoms with E-state index in [0.29, 0.717) is 5.56 Å². The molecule has 100 valence electrons. The van der Waals surface area contributed by atoms with Gasteiger partial charge < -0.3 is 4.74 Å². The minimum atomic E-state index is -4.82. The van der Waals surface area contributed by atoms with Crippen LogP contribution in [0.2, 0.25) is 0 Å². The fourth-order valence-electron chi connectivity index (χ4n) is 1.75. The molecule has 3 nitrogen and oxygen atoms in total. The number of carbonyl (C=O) groups is 1. The van der Waals surface area contributed by atoms with E-state index in [0.717, 1.165) is 6.08 Å². The summed E-state index contributed by atoms with van der Waals surface area (Å²) in [5, 5.41) is 0. The first-order valence-electron chi connectivity index (χ1n) is 5.46. The van der Waals surface area contributed by atoms with Crippen molar-refractivity contribution in [1.29, 1.82) is 0 Å². The number of alkyl halides is 3. The number of halogens is 3. The highest BCUT2D eigenvalue weighted by atomic mass is 19.4. The highest BCUT2D eigenvalue weighted by Crippen LogP contribution is 2.41. The maximum absolute atomic E-state index is 13.1. The Kier molecular flexibility index (Phi) is 3.18. The van der Waals surface area contributed by atoms with Crippen LogP contribution in [0.1, 0.15) is 12.0 Å². The van der Waals surface area contributed by atoms with Crippen LogP contribution in [-0.4, -0.2) is 23.6 Å². The molecule has 1 aliphatic rings. The van der Waals surface area contributed by atoms with Gasteiger partial charge in [0.15, 0.2) is 0 Å². The second-order valence-electron chi connectivity index (χ2n) is 4.02. The smallest absolute Gasteiger partial charge is 0.405 e. The minimum Gasteiger partial charge on any atom is -0.405 e. The molecule has 1 heterocycles. The first-order valence-corrected chi connectivity index (χ1v) is 5.46. The van der Waals surface area contributed by atoms with Crippen LogP contribution in [-0.2, 0) is 9.53 Å². The molecule has 0 saturated heterocycles. The Labute approximate surface area is 107 Å². The fourth-order valence-corrected chi connectivity index (χ4v) is 1.75. The van der Waals surface area contributed by atoms with E-state index in [1.165, 1.54) is 12.1 Å². The van der Waals surface area contributed by atoms with Crippen LogP contribution in [0.3, 0.4) is 0 Å². The molecular weight excluding hydrogens is 259 g/mol. The Hall–Kier alpha value is -2.11. The first-order chi connectivity index (χ1) is 8.90. The molecule has 19 heavy (non-hydrogen) atoms. The minimum absolute atomic E-state index is 0.315. The fraction of sp³-hybridized carbons (Fsp3) is 0.231. The quantitative estimate of drug-likeness (QED) is 0.625. The second kappa shape index (κ2) is 4.53. The van der Waals surface area contributed by atoms with Gasteiger partial charge in [0.2, 0.25) is 5.90 Å². The average Bonchev–Trinajstić information content (AvgIpc) is 2.69. The van der Waals surface area contributed by atoms with Crippen molar-refractivity contribution in [2.75, 3.05) is 0 Å². The van der Waals surface area contributed by atoms with E-state index in [2.05, 4.69) is 16.3 Å². The number of aliphatic imine (C=N–C) groups is 1. The third kappa shape index (κ3) is 2.14. The van der Waals surface area contributed by atoms with Crippen molar-refractivity contribution in [3.05, 3.63) is 48.6 Å². The van der Waals surface area contributed by atoms with Crippen molar-refractivity contribution in [1.82, 2.24) is 0 Å². The summed E-state index contributed by atoms with van der Waals surface area (Å²) in [6.45, 7) is 3.24. The van der Waals surface area contributed by atoms with Gasteiger partial charge in [-0.3, -0.25) is 0 Å². The molecule has 0 N–H and O–H groups in total. The molecule has 1 unspecified atom stereocenters. The number of ether oxygens (including phenoxy) is 1. The number of hydrogen-bond acceptors (Lipinski definition) is 3. The molecule has 2 rings (SSSR count). The van der Waals surface area contributed by atoms with Crippen LogP contribution in [0.4, 0.5) is 13.2 Å². The van der Waals surface area contributed by atoms with Crippen molar-refractivity contribution in [2.24, 2.45) is 4.99 Å². The van der Waals surface area contributed by atoms with Gasteiger partial charge in [-0.2, -0.15) is 13.2 Å². The van der Waals surface area contributed by atoms with Gasteiger partial charge >= 0.3 is 12.1 Å². The monoisotopic (exact) mass is 269 g/mol. The molecular formula is C13H10F3NO2. The van der Waals surface area contributed by atoms with Gasteiger partial charge in [-0.05, 0) is 12.1 Å². The standard InChI is InChI=1S/C13H10F3NO2/c1-2-8-12(13(14,15)16)11(18)19-10(17-12)9-6-4-3-5-7-9/h2-7H,1,8H2. The molecule has 6 heteroatoms. The van der Waals surface area contributed by atoms with E-state index in [4.69, 9.17) is 0 Å². The summed E-state index contributed by atoms with van der Waals surface area (Å²) in [6, 6.07) is 7.97. The topological polar surface area (TPSA) is 38.7 Å². The molecule has 0 fully saturated rings. The van der Waals surface area contributed by atoms with E-state index in [9.17, 15) is 18.0 Å². The summed E-state index contributed by atoms with van der Waals surface area (Å²) in [5.74, 6) is -1.73. The van der Waals surface area contributed by atoms with Gasteiger partial charge in [0, 0.05) is 12.0 Å². The number of benzene rings is 1. The third-order valence-corrected chi connectivity index (χ3v) is 2.75. The number of hydrogen-bond donors (Lipinski definition) is 0. The summed E-state index contributed by atoms with van der Waals surface area (Å²) in [7, 11) is 0. The lowest BCUT2D eigenvalue weighted by Crippen LogP contribution is -2.48. The highest BCUT2D eigenvalue weighted by molar-refractivity contribution is 6.08. The van der Waals surface area contributed by atoms with E-state index >= 15 is 0 Å². The van der Waals surface area contributed by atoms with Crippen LogP contribution >= 0.6 is 0 Å². The zero-order valence-electron chi connectivity index (χ0n) is 9.78. The Morgan fingerprint density at radius 1 is 1.32 bits per heavy atom. The van der Waals surface area contributed by atoms with Crippen LogP contribution in [0.25, 0.3) is 0 Å². The number of nitrogens with zero attached hydrogens (tertiary/aromatic N) is 1. The molecule has 0 radical (unpaired) electrons. The van der Waals surface area contributed by atoms with Gasteiger partial charge in [0.25, 0.3) is 5.54 Å². The zero-order valence-corrected chi connectivity index (χ0v) is 9.78. The van der Waals surface area contributed by atoms with Crippen molar-refractivity contribution in [3.63, 3.8) is 0 Å². The zero-order chi connectivity index (χ0) is 14.1. The van der Waals surface area contributed by atoms with Crippen molar-refractivity contribution < 1.29 is 22.7 Å². The SMILES string of the molecule is C=CCC1(C(F)(F)F)N=C(c2ccccc2)OC1=O. The second-order valence-corrected chi connectivity index (χ2v) is 4.02. The van der Waals surface area contributed by atoms with E-state index < -0.39 is 24.1 Å². The largest absolute Gasteiger partial charge is 0.424 e. The van der Waals surface area contributed by atoms with Crippen LogP contribution in [0.5, 0.6) is 0 Å². The first kappa shape index (κ1) is 13.3. The van der Waals surface area contributed by atoms with Crippen molar-refractivity contribution in [2.45, 2.75) is 18.1 Å². The summed E-state index contributed by atoms with van der Waals surface area (Å²) >= 11 is 0. The molecule has 0 spiro atoms. The third-order valence-electron chi connectivity index (χ3n) is 2.75. The maximum Gasteiger partial charge on any atom is 0.424 e. The summed E-state index contributed by atoms with van der Waals surface area (Å²) in [6.07, 6.45) is -4.47. The Balaban J connectivity index is 2.49. The number of rotatable bonds is 3. The van der Waals surface area contributed by atoms with Gasteiger partial charge in [-0.1, -0.05) is 24.3 Å². The van der Waals surface area contributed by atoms with E-state index in [1.54, 1.807) is 18.2 Å². The summed E-state index contributed by atoms with van der Waals surface area (Å²) < 4.78 is 43.9. The van der Waals surface area contributed by atoms with Crippen LogP contribution in [0, 0.1) is 0 Å². The molecule has 0 aliphatic carbocycles. The van der Waals surface area contributed by atoms with Crippen molar-refractivity contribution >= 4 is 11.9 Å². The normalized spacial score (nSPS) is 22.9. The van der Waals surface area contributed by atoms with Crippen molar-refractivity contribution in [3.8, 4) is 0 Å².